The molecule has 0 unspecified atom stereocenters. The van der Waals surface area contributed by atoms with Gasteiger partial charge >= 0.3 is 0 Å². The van der Waals surface area contributed by atoms with Crippen molar-refractivity contribution in [1.29, 1.82) is 0 Å². The second-order valence-corrected chi connectivity index (χ2v) is 5.39. The maximum absolute atomic E-state index is 6.05. The van der Waals surface area contributed by atoms with Crippen LogP contribution >= 0.6 is 34.2 Å². The molecule has 0 aliphatic rings. The molecule has 0 amide bonds. The van der Waals surface area contributed by atoms with Gasteiger partial charge < -0.3 is 0 Å². The first-order valence-electron chi connectivity index (χ1n) is 3.73. The van der Waals surface area contributed by atoms with Crippen molar-refractivity contribution in [2.75, 3.05) is 0 Å². The Morgan fingerprint density at radius 3 is 2.42 bits per heavy atom. The Balaban J connectivity index is 3.19. The largest absolute Gasteiger partial charge is 0.258 e. The van der Waals surface area contributed by atoms with Crippen LogP contribution in [-0.2, 0) is 5.41 Å². The predicted molar refractivity (Wildman–Crippen MR) is 60.7 cm³/mol. The number of hydrogen-bond donors (Lipinski definition) is 0. The highest BCUT2D eigenvalue weighted by Crippen LogP contribution is 2.27. The third-order valence-corrected chi connectivity index (χ3v) is 2.40. The summed E-state index contributed by atoms with van der Waals surface area (Å²) in [7, 11) is 0. The molecule has 0 N–H and O–H groups in total. The van der Waals surface area contributed by atoms with Crippen LogP contribution in [0.1, 0.15) is 26.5 Å². The molecule has 0 atom stereocenters. The zero-order chi connectivity index (χ0) is 9.35. The Morgan fingerprint density at radius 1 is 1.42 bits per heavy atom. The predicted octanol–water partition coefficient (Wildman–Crippen LogP) is 3.64. The Kier molecular flexibility index (Phi) is 2.99. The number of hydrogen-bond acceptors (Lipinski definition) is 1. The molecule has 0 spiro atoms. The second kappa shape index (κ2) is 3.50. The van der Waals surface area contributed by atoms with Crippen molar-refractivity contribution >= 4 is 34.2 Å². The van der Waals surface area contributed by atoms with Gasteiger partial charge in [-0.25, -0.2) is 0 Å². The lowest BCUT2D eigenvalue weighted by Gasteiger charge is -2.18. The van der Waals surface area contributed by atoms with Crippen molar-refractivity contribution in [3.63, 3.8) is 0 Å². The summed E-state index contributed by atoms with van der Waals surface area (Å²) in [6.45, 7) is 6.32. The van der Waals surface area contributed by atoms with Crippen LogP contribution in [-0.4, -0.2) is 4.98 Å². The highest BCUT2D eigenvalue weighted by atomic mass is 127. The Morgan fingerprint density at radius 2 is 2.00 bits per heavy atom. The van der Waals surface area contributed by atoms with Gasteiger partial charge in [0.25, 0.3) is 0 Å². The third kappa shape index (κ3) is 2.33. The lowest BCUT2D eigenvalue weighted by molar-refractivity contribution is 0.569. The summed E-state index contributed by atoms with van der Waals surface area (Å²) in [5.41, 5.74) is 0.992. The van der Waals surface area contributed by atoms with Crippen LogP contribution in [0.5, 0.6) is 0 Å². The van der Waals surface area contributed by atoms with Crippen molar-refractivity contribution in [2.45, 2.75) is 26.2 Å². The molecule has 3 heteroatoms. The van der Waals surface area contributed by atoms with Gasteiger partial charge in [0.1, 0.15) is 0 Å². The first-order valence-corrected chi connectivity index (χ1v) is 5.18. The summed E-state index contributed by atoms with van der Waals surface area (Å²) in [5.74, 6) is 0. The van der Waals surface area contributed by atoms with Gasteiger partial charge in [0.2, 0.25) is 0 Å². The van der Waals surface area contributed by atoms with Crippen LogP contribution in [0.2, 0.25) is 5.02 Å². The van der Waals surface area contributed by atoms with Crippen LogP contribution in [0.25, 0.3) is 0 Å². The van der Waals surface area contributed by atoms with E-state index in [9.17, 15) is 0 Å². The fourth-order valence-corrected chi connectivity index (χ4v) is 2.05. The molecule has 0 fully saturated rings. The average Bonchev–Trinajstić information content (AvgIpc) is 1.83. The van der Waals surface area contributed by atoms with E-state index in [0.29, 0.717) is 0 Å². The Labute approximate surface area is 91.7 Å². The molecule has 1 aromatic heterocycles. The van der Waals surface area contributed by atoms with Crippen molar-refractivity contribution in [2.24, 2.45) is 0 Å². The van der Waals surface area contributed by atoms with Gasteiger partial charge in [0.05, 0.1) is 10.7 Å². The minimum atomic E-state index is 0.0292. The fourth-order valence-electron chi connectivity index (χ4n) is 0.966. The van der Waals surface area contributed by atoms with Gasteiger partial charge in [-0.05, 0) is 28.7 Å². The highest BCUT2D eigenvalue weighted by Gasteiger charge is 2.18. The summed E-state index contributed by atoms with van der Waals surface area (Å²) >= 11 is 8.25. The van der Waals surface area contributed by atoms with Gasteiger partial charge in [-0.3, -0.25) is 4.98 Å². The van der Waals surface area contributed by atoms with Crippen LogP contribution < -0.4 is 0 Å². The molecule has 1 heterocycles. The number of halogens is 2. The van der Waals surface area contributed by atoms with Crippen LogP contribution in [0.3, 0.4) is 0 Å². The van der Waals surface area contributed by atoms with E-state index in [1.807, 2.05) is 12.3 Å². The van der Waals surface area contributed by atoms with Crippen molar-refractivity contribution in [1.82, 2.24) is 4.98 Å². The van der Waals surface area contributed by atoms with Gasteiger partial charge in [0, 0.05) is 15.2 Å². The highest BCUT2D eigenvalue weighted by molar-refractivity contribution is 14.1. The van der Waals surface area contributed by atoms with Crippen molar-refractivity contribution in [3.8, 4) is 0 Å². The quantitative estimate of drug-likeness (QED) is 0.666. The molecule has 0 saturated heterocycles. The van der Waals surface area contributed by atoms with Gasteiger partial charge in [-0.15, -0.1) is 0 Å². The molecule has 0 saturated carbocycles. The molecule has 1 aromatic rings. The van der Waals surface area contributed by atoms with Gasteiger partial charge in [-0.1, -0.05) is 32.4 Å². The first kappa shape index (κ1) is 10.3. The second-order valence-electron chi connectivity index (χ2n) is 3.73. The molecule has 12 heavy (non-hydrogen) atoms. The molecule has 0 aliphatic heterocycles. The first-order chi connectivity index (χ1) is 5.41. The summed E-state index contributed by atoms with van der Waals surface area (Å²) < 4.78 is 1.07. The molecule has 0 radical (unpaired) electrons. The van der Waals surface area contributed by atoms with E-state index in [1.54, 1.807) is 0 Å². The van der Waals surface area contributed by atoms with Crippen LogP contribution in [0.4, 0.5) is 0 Å². The van der Waals surface area contributed by atoms with Gasteiger partial charge in [0.15, 0.2) is 0 Å². The van der Waals surface area contributed by atoms with E-state index in [-0.39, 0.29) is 5.41 Å². The minimum absolute atomic E-state index is 0.0292. The van der Waals surface area contributed by atoms with Crippen LogP contribution in [0, 0.1) is 3.57 Å². The molecule has 66 valence electrons. The van der Waals surface area contributed by atoms with Gasteiger partial charge in [-0.2, -0.15) is 0 Å². The smallest absolute Gasteiger partial charge is 0.0643 e. The molecule has 0 aromatic carbocycles. The van der Waals surface area contributed by atoms with Crippen LogP contribution in [0.15, 0.2) is 12.3 Å². The molecule has 0 bridgehead atoms. The zero-order valence-electron chi connectivity index (χ0n) is 7.36. The molecule has 1 nitrogen and oxygen atoms in total. The summed E-state index contributed by atoms with van der Waals surface area (Å²) in [5, 5.41) is 0.759. The number of aromatic nitrogens is 1. The standard InChI is InChI=1S/C9H11ClIN/c1-9(2,3)8-7(10)4-6(11)5-12-8/h4-5H,1-3H3. The van der Waals surface area contributed by atoms with E-state index >= 15 is 0 Å². The lowest BCUT2D eigenvalue weighted by Crippen LogP contribution is -2.14. The fraction of sp³-hybridized carbons (Fsp3) is 0.444. The van der Waals surface area contributed by atoms with Crippen molar-refractivity contribution < 1.29 is 0 Å². The summed E-state index contributed by atoms with van der Waals surface area (Å²) in [6, 6.07) is 1.94. The topological polar surface area (TPSA) is 12.9 Å². The minimum Gasteiger partial charge on any atom is -0.258 e. The maximum atomic E-state index is 6.05. The summed E-state index contributed by atoms with van der Waals surface area (Å²) in [6.07, 6.45) is 1.84. The lowest BCUT2D eigenvalue weighted by atomic mass is 9.92. The Bertz CT molecular complexity index is 291. The number of pyridine rings is 1. The zero-order valence-corrected chi connectivity index (χ0v) is 10.3. The number of nitrogens with zero attached hydrogens (tertiary/aromatic N) is 1. The molecule has 0 aliphatic carbocycles. The van der Waals surface area contributed by atoms with Crippen molar-refractivity contribution in [3.05, 3.63) is 26.5 Å². The molecular weight excluding hydrogens is 284 g/mol. The van der Waals surface area contributed by atoms with E-state index in [1.165, 1.54) is 0 Å². The molecular formula is C9H11ClIN. The SMILES string of the molecule is CC(C)(C)c1ncc(I)cc1Cl. The monoisotopic (exact) mass is 295 g/mol. The summed E-state index contributed by atoms with van der Waals surface area (Å²) in [4.78, 5) is 4.31. The van der Waals surface area contributed by atoms with E-state index in [2.05, 4.69) is 48.3 Å². The average molecular weight is 296 g/mol. The third-order valence-electron chi connectivity index (χ3n) is 1.52. The normalized spacial score (nSPS) is 11.8. The number of rotatable bonds is 0. The van der Waals surface area contributed by atoms with E-state index < -0.39 is 0 Å². The van der Waals surface area contributed by atoms with E-state index in [4.69, 9.17) is 11.6 Å². The van der Waals surface area contributed by atoms with E-state index in [0.717, 1.165) is 14.3 Å². The molecule has 1 rings (SSSR count). The maximum Gasteiger partial charge on any atom is 0.0643 e. The Hall–Kier alpha value is 0.170.